The van der Waals surface area contributed by atoms with Gasteiger partial charge in [-0.3, -0.25) is 14.8 Å². The summed E-state index contributed by atoms with van der Waals surface area (Å²) in [6, 6.07) is 10.4. The number of aromatic nitrogens is 3. The molecule has 1 fully saturated rings. The van der Waals surface area contributed by atoms with Crippen molar-refractivity contribution in [3.05, 3.63) is 47.5 Å². The molecule has 1 N–H and O–H groups in total. The Balaban J connectivity index is 1.41. The van der Waals surface area contributed by atoms with Gasteiger partial charge in [0.15, 0.2) is 0 Å². The summed E-state index contributed by atoms with van der Waals surface area (Å²) in [7, 11) is 0. The molecule has 140 valence electrons. The Kier molecular flexibility index (Phi) is 6.77. The average Bonchev–Trinajstić information content (AvgIpc) is 2.99. The minimum atomic E-state index is 0.288. The van der Waals surface area contributed by atoms with Gasteiger partial charge >= 0.3 is 0 Å². The minimum Gasteiger partial charge on any atom is -0.341 e. The van der Waals surface area contributed by atoms with Gasteiger partial charge in [0.1, 0.15) is 11.6 Å². The maximum Gasteiger partial charge on any atom is 0.222 e. The molecule has 26 heavy (non-hydrogen) atoms. The second-order valence-electron chi connectivity index (χ2n) is 6.90. The number of H-pyrrole nitrogens is 1. The topological polar surface area (TPSA) is 65.1 Å². The van der Waals surface area contributed by atoms with Crippen molar-refractivity contribution >= 4 is 5.91 Å². The monoisotopic (exact) mass is 355 g/mol. The van der Waals surface area contributed by atoms with E-state index in [0.717, 1.165) is 70.1 Å². The van der Waals surface area contributed by atoms with Crippen LogP contribution in [0.3, 0.4) is 0 Å². The van der Waals surface area contributed by atoms with Crippen LogP contribution in [-0.4, -0.2) is 57.1 Å². The molecule has 2 aromatic rings. The molecule has 0 radical (unpaired) electrons. The maximum atomic E-state index is 12.5. The number of rotatable bonds is 7. The Bertz CT molecular complexity index is 685. The molecule has 0 saturated carbocycles. The van der Waals surface area contributed by atoms with E-state index in [9.17, 15) is 4.79 Å². The van der Waals surface area contributed by atoms with E-state index in [1.807, 2.05) is 11.0 Å². The second kappa shape index (κ2) is 9.48. The fourth-order valence-corrected chi connectivity index (χ4v) is 3.40. The number of hydrogen-bond acceptors (Lipinski definition) is 4. The van der Waals surface area contributed by atoms with Crippen LogP contribution in [-0.2, 0) is 24.2 Å². The predicted molar refractivity (Wildman–Crippen MR) is 102 cm³/mol. The molecule has 6 heteroatoms. The Hall–Kier alpha value is -2.21. The molecule has 0 unspecified atom stereocenters. The summed E-state index contributed by atoms with van der Waals surface area (Å²) in [5.74, 6) is 2.07. The molecule has 0 spiro atoms. The first-order chi connectivity index (χ1) is 12.7. The summed E-state index contributed by atoms with van der Waals surface area (Å²) in [5.41, 5.74) is 1.31. The van der Waals surface area contributed by atoms with Crippen LogP contribution in [0.2, 0.25) is 0 Å². The van der Waals surface area contributed by atoms with E-state index in [2.05, 4.69) is 51.3 Å². The van der Waals surface area contributed by atoms with Gasteiger partial charge < -0.3 is 4.90 Å². The van der Waals surface area contributed by atoms with Gasteiger partial charge in [0.25, 0.3) is 0 Å². The first-order valence-electron chi connectivity index (χ1n) is 9.69. The van der Waals surface area contributed by atoms with Crippen LogP contribution < -0.4 is 0 Å². The summed E-state index contributed by atoms with van der Waals surface area (Å²) in [6.07, 6.45) is 4.39. The average molecular weight is 355 g/mol. The van der Waals surface area contributed by atoms with Gasteiger partial charge in [0.2, 0.25) is 5.91 Å². The molecule has 1 saturated heterocycles. The molecule has 1 aromatic heterocycles. The lowest BCUT2D eigenvalue weighted by molar-refractivity contribution is -0.131. The summed E-state index contributed by atoms with van der Waals surface area (Å²) < 4.78 is 0. The fourth-order valence-electron chi connectivity index (χ4n) is 3.40. The molecule has 1 aromatic carbocycles. The number of carbonyl (C=O) groups excluding carboxylic acids is 1. The smallest absolute Gasteiger partial charge is 0.222 e. The van der Waals surface area contributed by atoms with Crippen LogP contribution in [0, 0.1) is 0 Å². The maximum absolute atomic E-state index is 12.5. The van der Waals surface area contributed by atoms with E-state index in [0.29, 0.717) is 6.42 Å². The van der Waals surface area contributed by atoms with Gasteiger partial charge in [-0.1, -0.05) is 37.3 Å². The third-order valence-corrected chi connectivity index (χ3v) is 4.91. The molecule has 0 atom stereocenters. The molecule has 2 heterocycles. The third kappa shape index (κ3) is 5.39. The van der Waals surface area contributed by atoms with Crippen molar-refractivity contribution in [2.45, 2.75) is 45.6 Å². The minimum absolute atomic E-state index is 0.288. The van der Waals surface area contributed by atoms with E-state index in [-0.39, 0.29) is 5.91 Å². The van der Waals surface area contributed by atoms with E-state index < -0.39 is 0 Å². The SMILES string of the molecule is CCc1n[nH]c(CN2CCCN(C(=O)CCCc3ccccc3)CC2)n1. The highest BCUT2D eigenvalue weighted by Crippen LogP contribution is 2.10. The number of aromatic amines is 1. The van der Waals surface area contributed by atoms with Gasteiger partial charge in [-0.15, -0.1) is 0 Å². The summed E-state index contributed by atoms with van der Waals surface area (Å²) in [5, 5.41) is 7.22. The van der Waals surface area contributed by atoms with Gasteiger partial charge in [-0.25, -0.2) is 4.98 Å². The van der Waals surface area contributed by atoms with E-state index >= 15 is 0 Å². The molecule has 6 nitrogen and oxygen atoms in total. The van der Waals surface area contributed by atoms with Gasteiger partial charge in [-0.2, -0.15) is 5.10 Å². The normalized spacial score (nSPS) is 15.8. The number of hydrogen-bond donors (Lipinski definition) is 1. The highest BCUT2D eigenvalue weighted by Gasteiger charge is 2.19. The highest BCUT2D eigenvalue weighted by molar-refractivity contribution is 5.76. The van der Waals surface area contributed by atoms with Crippen LogP contribution in [0.4, 0.5) is 0 Å². The lowest BCUT2D eigenvalue weighted by Gasteiger charge is -2.21. The van der Waals surface area contributed by atoms with Crippen LogP contribution in [0.25, 0.3) is 0 Å². The number of aryl methyl sites for hydroxylation is 2. The molecule has 0 aliphatic carbocycles. The predicted octanol–water partition coefficient (Wildman–Crippen LogP) is 2.42. The highest BCUT2D eigenvalue weighted by atomic mass is 16.2. The van der Waals surface area contributed by atoms with Crippen molar-refractivity contribution in [1.82, 2.24) is 25.0 Å². The van der Waals surface area contributed by atoms with Gasteiger partial charge in [-0.05, 0) is 24.8 Å². The van der Waals surface area contributed by atoms with Crippen molar-refractivity contribution in [2.75, 3.05) is 26.2 Å². The summed E-state index contributed by atoms with van der Waals surface area (Å²) >= 11 is 0. The molecule has 1 aliphatic rings. The largest absolute Gasteiger partial charge is 0.341 e. The Labute approximate surface area is 155 Å². The number of carbonyl (C=O) groups is 1. The first-order valence-corrected chi connectivity index (χ1v) is 9.69. The molecule has 3 rings (SSSR count). The Morgan fingerprint density at radius 2 is 2.00 bits per heavy atom. The lowest BCUT2D eigenvalue weighted by atomic mass is 10.1. The summed E-state index contributed by atoms with van der Waals surface area (Å²) in [4.78, 5) is 21.4. The van der Waals surface area contributed by atoms with E-state index in [1.165, 1.54) is 5.56 Å². The van der Waals surface area contributed by atoms with E-state index in [4.69, 9.17) is 0 Å². The van der Waals surface area contributed by atoms with E-state index in [1.54, 1.807) is 0 Å². The van der Waals surface area contributed by atoms with Crippen LogP contribution in [0.5, 0.6) is 0 Å². The van der Waals surface area contributed by atoms with Crippen molar-refractivity contribution in [3.8, 4) is 0 Å². The lowest BCUT2D eigenvalue weighted by Crippen LogP contribution is -2.35. The standard InChI is InChI=1S/C20H29N5O/c1-2-18-21-19(23-22-18)16-24-12-7-13-25(15-14-24)20(26)11-6-10-17-8-4-3-5-9-17/h3-5,8-9H,2,6-7,10-16H2,1H3,(H,21,22,23). The first kappa shape index (κ1) is 18.6. The third-order valence-electron chi connectivity index (χ3n) is 4.91. The zero-order valence-corrected chi connectivity index (χ0v) is 15.7. The molecule has 0 bridgehead atoms. The van der Waals surface area contributed by atoms with Crippen molar-refractivity contribution in [3.63, 3.8) is 0 Å². The van der Waals surface area contributed by atoms with Crippen molar-refractivity contribution in [2.24, 2.45) is 0 Å². The van der Waals surface area contributed by atoms with Crippen LogP contribution in [0.15, 0.2) is 30.3 Å². The summed E-state index contributed by atoms with van der Waals surface area (Å²) in [6.45, 7) is 6.39. The molecular weight excluding hydrogens is 326 g/mol. The zero-order chi connectivity index (χ0) is 18.2. The Morgan fingerprint density at radius 3 is 2.77 bits per heavy atom. The fraction of sp³-hybridized carbons (Fsp3) is 0.550. The number of amides is 1. The van der Waals surface area contributed by atoms with Gasteiger partial charge in [0, 0.05) is 39.0 Å². The number of nitrogens with one attached hydrogen (secondary N) is 1. The number of nitrogens with zero attached hydrogens (tertiary/aromatic N) is 4. The van der Waals surface area contributed by atoms with Crippen molar-refractivity contribution < 1.29 is 4.79 Å². The zero-order valence-electron chi connectivity index (χ0n) is 15.7. The molecule has 1 amide bonds. The number of benzene rings is 1. The van der Waals surface area contributed by atoms with Gasteiger partial charge in [0.05, 0.1) is 6.54 Å². The quantitative estimate of drug-likeness (QED) is 0.828. The molecule has 1 aliphatic heterocycles. The molecular formula is C20H29N5O. The van der Waals surface area contributed by atoms with Crippen LogP contribution in [0.1, 0.15) is 43.4 Å². The Morgan fingerprint density at radius 1 is 1.15 bits per heavy atom. The van der Waals surface area contributed by atoms with Crippen LogP contribution >= 0.6 is 0 Å². The van der Waals surface area contributed by atoms with Crippen molar-refractivity contribution in [1.29, 1.82) is 0 Å². The second-order valence-corrected chi connectivity index (χ2v) is 6.90.